The molecule has 0 amide bonds. The van der Waals surface area contributed by atoms with Gasteiger partial charge in [0.05, 0.1) is 27.2 Å². The number of sulfonamides is 1. The highest BCUT2D eigenvalue weighted by Crippen LogP contribution is 2.30. The van der Waals surface area contributed by atoms with Crippen molar-refractivity contribution in [2.45, 2.75) is 24.7 Å². The SMILES string of the molecule is CC(=NNc1ccc(S(=O)(=O)N2CCCC2)cc1[N+](=O)[O-])c1ccc(C#N)cc1. The van der Waals surface area contributed by atoms with E-state index in [1.807, 2.05) is 6.07 Å². The smallest absolute Gasteiger partial charge is 0.271 e. The second-order valence-corrected chi connectivity index (χ2v) is 8.48. The number of hydrazone groups is 1. The minimum absolute atomic E-state index is 0.0865. The quantitative estimate of drug-likeness (QED) is 0.440. The highest BCUT2D eigenvalue weighted by molar-refractivity contribution is 7.89. The first kappa shape index (κ1) is 20.4. The van der Waals surface area contributed by atoms with Gasteiger partial charge in [-0.05, 0) is 49.6 Å². The minimum atomic E-state index is -3.75. The van der Waals surface area contributed by atoms with Crippen LogP contribution in [0.15, 0.2) is 52.5 Å². The molecule has 150 valence electrons. The van der Waals surface area contributed by atoms with E-state index in [1.165, 1.54) is 16.4 Å². The largest absolute Gasteiger partial charge is 0.295 e. The topological polar surface area (TPSA) is 129 Å². The summed E-state index contributed by atoms with van der Waals surface area (Å²) in [4.78, 5) is 10.7. The molecule has 1 fully saturated rings. The molecule has 1 saturated heterocycles. The Morgan fingerprint density at radius 1 is 1.21 bits per heavy atom. The molecule has 0 aliphatic carbocycles. The summed E-state index contributed by atoms with van der Waals surface area (Å²) < 4.78 is 26.7. The van der Waals surface area contributed by atoms with Crippen molar-refractivity contribution in [1.29, 1.82) is 5.26 Å². The second-order valence-electron chi connectivity index (χ2n) is 6.55. The van der Waals surface area contributed by atoms with E-state index in [0.29, 0.717) is 24.4 Å². The zero-order valence-corrected chi connectivity index (χ0v) is 16.5. The van der Waals surface area contributed by atoms with Crippen LogP contribution in [-0.2, 0) is 10.0 Å². The predicted molar refractivity (Wildman–Crippen MR) is 108 cm³/mol. The average Bonchev–Trinajstić information content (AvgIpc) is 3.27. The lowest BCUT2D eigenvalue weighted by Crippen LogP contribution is -2.27. The van der Waals surface area contributed by atoms with Gasteiger partial charge in [-0.15, -0.1) is 0 Å². The van der Waals surface area contributed by atoms with Gasteiger partial charge in [0.25, 0.3) is 5.69 Å². The lowest BCUT2D eigenvalue weighted by Gasteiger charge is -2.15. The molecule has 0 aromatic heterocycles. The first-order valence-corrected chi connectivity index (χ1v) is 10.4. The molecule has 3 rings (SSSR count). The Morgan fingerprint density at radius 3 is 2.45 bits per heavy atom. The number of nitrogens with one attached hydrogen (secondary N) is 1. The lowest BCUT2D eigenvalue weighted by molar-refractivity contribution is -0.384. The Hall–Kier alpha value is -3.29. The van der Waals surface area contributed by atoms with Crippen LogP contribution in [0.25, 0.3) is 0 Å². The fourth-order valence-electron chi connectivity index (χ4n) is 2.99. The zero-order chi connectivity index (χ0) is 21.0. The van der Waals surface area contributed by atoms with Crippen molar-refractivity contribution in [3.05, 3.63) is 63.7 Å². The summed E-state index contributed by atoms with van der Waals surface area (Å²) in [6, 6.07) is 12.5. The van der Waals surface area contributed by atoms with Crippen LogP contribution in [0.1, 0.15) is 30.9 Å². The molecule has 1 N–H and O–H groups in total. The zero-order valence-electron chi connectivity index (χ0n) is 15.7. The first-order chi connectivity index (χ1) is 13.8. The number of nitriles is 1. The molecular weight excluding hydrogens is 394 g/mol. The molecule has 0 saturated carbocycles. The van der Waals surface area contributed by atoms with E-state index in [2.05, 4.69) is 10.5 Å². The third-order valence-corrected chi connectivity index (χ3v) is 6.54. The van der Waals surface area contributed by atoms with Crippen LogP contribution >= 0.6 is 0 Å². The monoisotopic (exact) mass is 413 g/mol. The summed E-state index contributed by atoms with van der Waals surface area (Å²) in [5, 5.41) is 24.5. The summed E-state index contributed by atoms with van der Waals surface area (Å²) >= 11 is 0. The molecule has 2 aromatic carbocycles. The highest BCUT2D eigenvalue weighted by Gasteiger charge is 2.29. The summed E-state index contributed by atoms with van der Waals surface area (Å²) in [5.41, 5.74) is 4.17. The third kappa shape index (κ3) is 4.42. The van der Waals surface area contributed by atoms with Gasteiger partial charge in [-0.1, -0.05) is 12.1 Å². The van der Waals surface area contributed by atoms with Gasteiger partial charge in [0.1, 0.15) is 5.69 Å². The summed E-state index contributed by atoms with van der Waals surface area (Å²) in [5.74, 6) is 0. The van der Waals surface area contributed by atoms with Crippen molar-refractivity contribution in [2.24, 2.45) is 5.10 Å². The summed E-state index contributed by atoms with van der Waals surface area (Å²) in [6.45, 7) is 2.56. The summed E-state index contributed by atoms with van der Waals surface area (Å²) in [6.07, 6.45) is 1.56. The Morgan fingerprint density at radius 2 is 1.86 bits per heavy atom. The molecule has 9 nitrogen and oxygen atoms in total. The third-order valence-electron chi connectivity index (χ3n) is 4.64. The van der Waals surface area contributed by atoms with Gasteiger partial charge in [-0.2, -0.15) is 14.7 Å². The summed E-state index contributed by atoms with van der Waals surface area (Å²) in [7, 11) is -3.75. The fraction of sp³-hybridized carbons (Fsp3) is 0.263. The molecule has 29 heavy (non-hydrogen) atoms. The Labute approximate surface area is 168 Å². The molecule has 0 bridgehead atoms. The maximum Gasteiger partial charge on any atom is 0.295 e. The Balaban J connectivity index is 1.87. The van der Waals surface area contributed by atoms with Gasteiger partial charge in [0.2, 0.25) is 10.0 Å². The lowest BCUT2D eigenvalue weighted by atomic mass is 10.1. The van der Waals surface area contributed by atoms with Crippen molar-refractivity contribution in [2.75, 3.05) is 18.5 Å². The first-order valence-electron chi connectivity index (χ1n) is 8.92. The van der Waals surface area contributed by atoms with Crippen LogP contribution in [0.4, 0.5) is 11.4 Å². The predicted octanol–water partition coefficient (Wildman–Crippen LogP) is 3.09. The van der Waals surface area contributed by atoms with Gasteiger partial charge in [0, 0.05) is 19.2 Å². The van der Waals surface area contributed by atoms with E-state index in [0.717, 1.165) is 24.5 Å². The van der Waals surface area contributed by atoms with E-state index in [-0.39, 0.29) is 16.3 Å². The van der Waals surface area contributed by atoms with Crippen molar-refractivity contribution in [1.82, 2.24) is 4.31 Å². The van der Waals surface area contributed by atoms with Gasteiger partial charge in [0.15, 0.2) is 0 Å². The molecule has 0 unspecified atom stereocenters. The number of nitro groups is 1. The second kappa shape index (κ2) is 8.38. The number of benzene rings is 2. The van der Waals surface area contributed by atoms with E-state index in [4.69, 9.17) is 5.26 Å². The molecular formula is C19H19N5O4S. The van der Waals surface area contributed by atoms with Gasteiger partial charge < -0.3 is 0 Å². The maximum atomic E-state index is 12.7. The van der Waals surface area contributed by atoms with Crippen molar-refractivity contribution in [3.63, 3.8) is 0 Å². The van der Waals surface area contributed by atoms with Crippen molar-refractivity contribution >= 4 is 27.1 Å². The molecule has 0 spiro atoms. The van der Waals surface area contributed by atoms with E-state index in [1.54, 1.807) is 31.2 Å². The van der Waals surface area contributed by atoms with Crippen molar-refractivity contribution in [3.8, 4) is 6.07 Å². The van der Waals surface area contributed by atoms with Crippen LogP contribution in [-0.4, -0.2) is 36.4 Å². The fourth-order valence-corrected chi connectivity index (χ4v) is 4.53. The van der Waals surface area contributed by atoms with Gasteiger partial charge >= 0.3 is 0 Å². The van der Waals surface area contributed by atoms with Crippen LogP contribution in [0.5, 0.6) is 0 Å². The standard InChI is InChI=1S/C19H19N5O4S/c1-14(16-6-4-15(13-20)5-7-16)21-22-18-9-8-17(12-19(18)24(25)26)29(27,28)23-10-2-3-11-23/h4-9,12,22H,2-3,10-11H2,1H3. The molecule has 2 aromatic rings. The highest BCUT2D eigenvalue weighted by atomic mass is 32.2. The number of anilines is 1. The van der Waals surface area contributed by atoms with Crippen LogP contribution in [0, 0.1) is 21.4 Å². The molecule has 10 heteroatoms. The van der Waals surface area contributed by atoms with Gasteiger partial charge in [-0.25, -0.2) is 8.42 Å². The number of nitro benzene ring substituents is 1. The Kier molecular flexibility index (Phi) is 5.91. The molecule has 1 heterocycles. The van der Waals surface area contributed by atoms with Crippen LogP contribution in [0.3, 0.4) is 0 Å². The molecule has 0 radical (unpaired) electrons. The number of hydrogen-bond donors (Lipinski definition) is 1. The molecule has 1 aliphatic rings. The molecule has 1 aliphatic heterocycles. The van der Waals surface area contributed by atoms with Crippen LogP contribution < -0.4 is 5.43 Å². The van der Waals surface area contributed by atoms with Crippen LogP contribution in [0.2, 0.25) is 0 Å². The average molecular weight is 413 g/mol. The Bertz CT molecular complexity index is 1100. The van der Waals surface area contributed by atoms with Gasteiger partial charge in [-0.3, -0.25) is 15.5 Å². The number of rotatable bonds is 6. The van der Waals surface area contributed by atoms with E-state index >= 15 is 0 Å². The normalized spacial score (nSPS) is 15.1. The molecule has 0 atom stereocenters. The van der Waals surface area contributed by atoms with E-state index in [9.17, 15) is 18.5 Å². The van der Waals surface area contributed by atoms with Crippen molar-refractivity contribution < 1.29 is 13.3 Å². The number of nitrogens with zero attached hydrogens (tertiary/aromatic N) is 4. The maximum absolute atomic E-state index is 12.7. The number of hydrogen-bond acceptors (Lipinski definition) is 7. The van der Waals surface area contributed by atoms with E-state index < -0.39 is 14.9 Å². The minimum Gasteiger partial charge on any atom is -0.271 e.